The van der Waals surface area contributed by atoms with E-state index in [0.29, 0.717) is 17.6 Å². The van der Waals surface area contributed by atoms with E-state index in [9.17, 15) is 9.18 Å². The number of hydrogen-bond donors (Lipinski definition) is 2. The third-order valence-electron chi connectivity index (χ3n) is 3.27. The van der Waals surface area contributed by atoms with Gasteiger partial charge in [0, 0.05) is 11.7 Å². The lowest BCUT2D eigenvalue weighted by Gasteiger charge is -2.14. The molecule has 4 heteroatoms. The van der Waals surface area contributed by atoms with Crippen LogP contribution in [0, 0.1) is 11.7 Å². The highest BCUT2D eigenvalue weighted by Gasteiger charge is 2.21. The van der Waals surface area contributed by atoms with Gasteiger partial charge in [0.1, 0.15) is 5.82 Å². The first-order valence-corrected chi connectivity index (χ1v) is 5.85. The van der Waals surface area contributed by atoms with Gasteiger partial charge in [-0.3, -0.25) is 0 Å². The van der Waals surface area contributed by atoms with Gasteiger partial charge in [0.05, 0.1) is 5.56 Å². The van der Waals surface area contributed by atoms with Gasteiger partial charge in [-0.1, -0.05) is 6.92 Å². The first-order chi connectivity index (χ1) is 8.06. The smallest absolute Gasteiger partial charge is 0.338 e. The van der Waals surface area contributed by atoms with Crippen LogP contribution in [0.5, 0.6) is 0 Å². The van der Waals surface area contributed by atoms with Crippen molar-refractivity contribution in [2.45, 2.75) is 32.2 Å². The number of halogens is 1. The summed E-state index contributed by atoms with van der Waals surface area (Å²) < 4.78 is 13.4. The molecule has 0 heterocycles. The van der Waals surface area contributed by atoms with E-state index in [0.717, 1.165) is 12.8 Å². The molecule has 92 valence electrons. The Labute approximate surface area is 99.7 Å². The maximum absolute atomic E-state index is 13.4. The predicted molar refractivity (Wildman–Crippen MR) is 63.8 cm³/mol. The molecule has 3 nitrogen and oxygen atoms in total. The number of carbonyl (C=O) groups is 1. The summed E-state index contributed by atoms with van der Waals surface area (Å²) in [6, 6.07) is 4.56. The van der Waals surface area contributed by atoms with Gasteiger partial charge in [-0.15, -0.1) is 0 Å². The zero-order valence-electron chi connectivity index (χ0n) is 9.74. The standard InChI is InChI=1S/C13H16FNO2/c1-8-2-3-9(6-8)15-10-4-5-11(13(16)17)12(14)7-10/h4-5,7-9,15H,2-3,6H2,1H3,(H,16,17). The number of aromatic carboxylic acids is 1. The number of carboxylic acid groups (broad SMARTS) is 1. The zero-order valence-corrected chi connectivity index (χ0v) is 9.74. The third kappa shape index (κ3) is 2.75. The molecule has 0 amide bonds. The van der Waals surface area contributed by atoms with Crippen LogP contribution < -0.4 is 5.32 Å². The molecule has 17 heavy (non-hydrogen) atoms. The van der Waals surface area contributed by atoms with Gasteiger partial charge in [-0.2, -0.15) is 0 Å². The molecule has 1 aromatic carbocycles. The molecule has 0 aliphatic heterocycles. The molecule has 2 unspecified atom stereocenters. The van der Waals surface area contributed by atoms with Crippen molar-refractivity contribution >= 4 is 11.7 Å². The average molecular weight is 237 g/mol. The fourth-order valence-electron chi connectivity index (χ4n) is 2.35. The van der Waals surface area contributed by atoms with Crippen LogP contribution >= 0.6 is 0 Å². The van der Waals surface area contributed by atoms with Crippen molar-refractivity contribution in [2.24, 2.45) is 5.92 Å². The molecule has 0 bridgehead atoms. The van der Waals surface area contributed by atoms with E-state index >= 15 is 0 Å². The molecule has 2 N–H and O–H groups in total. The summed E-state index contributed by atoms with van der Waals surface area (Å²) >= 11 is 0. The van der Waals surface area contributed by atoms with E-state index in [2.05, 4.69) is 12.2 Å². The number of benzene rings is 1. The van der Waals surface area contributed by atoms with Gasteiger partial charge < -0.3 is 10.4 Å². The van der Waals surface area contributed by atoms with Gasteiger partial charge in [0.2, 0.25) is 0 Å². The minimum atomic E-state index is -1.23. The number of hydrogen-bond acceptors (Lipinski definition) is 2. The molecule has 0 saturated heterocycles. The van der Waals surface area contributed by atoms with Crippen LogP contribution in [-0.4, -0.2) is 17.1 Å². The molecule has 1 aliphatic carbocycles. The molecule has 1 fully saturated rings. The summed E-state index contributed by atoms with van der Waals surface area (Å²) in [7, 11) is 0. The number of anilines is 1. The molecule has 1 aliphatic rings. The Bertz CT molecular complexity index is 433. The fourth-order valence-corrected chi connectivity index (χ4v) is 2.35. The van der Waals surface area contributed by atoms with Crippen LogP contribution in [0.2, 0.25) is 0 Å². The molecular weight excluding hydrogens is 221 g/mol. The van der Waals surface area contributed by atoms with Crippen LogP contribution in [-0.2, 0) is 0 Å². The van der Waals surface area contributed by atoms with Crippen molar-refractivity contribution in [1.29, 1.82) is 0 Å². The summed E-state index contributed by atoms with van der Waals surface area (Å²) in [6.45, 7) is 2.20. The Morgan fingerprint density at radius 3 is 2.76 bits per heavy atom. The summed E-state index contributed by atoms with van der Waals surface area (Å²) in [5, 5.41) is 12.0. The first-order valence-electron chi connectivity index (χ1n) is 5.85. The van der Waals surface area contributed by atoms with Crippen LogP contribution in [0.3, 0.4) is 0 Å². The van der Waals surface area contributed by atoms with E-state index in [1.807, 2.05) is 0 Å². The molecule has 0 aromatic heterocycles. The zero-order chi connectivity index (χ0) is 12.4. The fraction of sp³-hybridized carbons (Fsp3) is 0.462. The predicted octanol–water partition coefficient (Wildman–Crippen LogP) is 3.12. The average Bonchev–Trinajstić information content (AvgIpc) is 2.63. The van der Waals surface area contributed by atoms with Crippen LogP contribution in [0.15, 0.2) is 18.2 Å². The Kier molecular flexibility index (Phi) is 3.31. The molecule has 1 saturated carbocycles. The second kappa shape index (κ2) is 4.73. The van der Waals surface area contributed by atoms with E-state index in [4.69, 9.17) is 5.11 Å². The van der Waals surface area contributed by atoms with Gasteiger partial charge in [0.15, 0.2) is 0 Å². The molecule has 0 spiro atoms. The lowest BCUT2D eigenvalue weighted by molar-refractivity contribution is 0.0692. The molecular formula is C13H16FNO2. The number of carboxylic acids is 1. The quantitative estimate of drug-likeness (QED) is 0.849. The number of nitrogens with one attached hydrogen (secondary N) is 1. The minimum Gasteiger partial charge on any atom is -0.478 e. The van der Waals surface area contributed by atoms with E-state index in [-0.39, 0.29) is 5.56 Å². The van der Waals surface area contributed by atoms with E-state index < -0.39 is 11.8 Å². The molecule has 2 atom stereocenters. The van der Waals surface area contributed by atoms with Crippen LogP contribution in [0.4, 0.5) is 10.1 Å². The topological polar surface area (TPSA) is 49.3 Å². The van der Waals surface area contributed by atoms with Crippen LogP contribution in [0.25, 0.3) is 0 Å². The Morgan fingerprint density at radius 1 is 1.47 bits per heavy atom. The Morgan fingerprint density at radius 2 is 2.24 bits per heavy atom. The van der Waals surface area contributed by atoms with Crippen LogP contribution in [0.1, 0.15) is 36.5 Å². The van der Waals surface area contributed by atoms with Gasteiger partial charge in [0.25, 0.3) is 0 Å². The summed E-state index contributed by atoms with van der Waals surface area (Å²) in [5.41, 5.74) is 0.377. The van der Waals surface area contributed by atoms with Gasteiger partial charge >= 0.3 is 5.97 Å². The van der Waals surface area contributed by atoms with Gasteiger partial charge in [-0.05, 0) is 43.4 Å². The SMILES string of the molecule is CC1CCC(Nc2ccc(C(=O)O)c(F)c2)C1. The highest BCUT2D eigenvalue weighted by molar-refractivity contribution is 5.88. The van der Waals surface area contributed by atoms with Crippen molar-refractivity contribution in [2.75, 3.05) is 5.32 Å². The summed E-state index contributed by atoms with van der Waals surface area (Å²) in [4.78, 5) is 10.7. The third-order valence-corrected chi connectivity index (χ3v) is 3.27. The molecule has 1 aromatic rings. The van der Waals surface area contributed by atoms with Crippen molar-refractivity contribution in [1.82, 2.24) is 0 Å². The lowest BCUT2D eigenvalue weighted by Crippen LogP contribution is -2.15. The van der Waals surface area contributed by atoms with E-state index in [1.165, 1.54) is 18.6 Å². The monoisotopic (exact) mass is 237 g/mol. The first kappa shape index (κ1) is 11.9. The maximum atomic E-state index is 13.4. The maximum Gasteiger partial charge on any atom is 0.338 e. The lowest BCUT2D eigenvalue weighted by atomic mass is 10.1. The van der Waals surface area contributed by atoms with Gasteiger partial charge in [-0.25, -0.2) is 9.18 Å². The highest BCUT2D eigenvalue weighted by atomic mass is 19.1. The highest BCUT2D eigenvalue weighted by Crippen LogP contribution is 2.27. The van der Waals surface area contributed by atoms with Crippen molar-refractivity contribution in [3.05, 3.63) is 29.6 Å². The second-order valence-corrected chi connectivity index (χ2v) is 4.76. The van der Waals surface area contributed by atoms with Crippen molar-refractivity contribution < 1.29 is 14.3 Å². The minimum absolute atomic E-state index is 0.282. The summed E-state index contributed by atoms with van der Waals surface area (Å²) in [5.74, 6) is -1.22. The van der Waals surface area contributed by atoms with Crippen molar-refractivity contribution in [3.8, 4) is 0 Å². The Balaban J connectivity index is 2.07. The summed E-state index contributed by atoms with van der Waals surface area (Å²) in [6.07, 6.45) is 3.36. The largest absolute Gasteiger partial charge is 0.478 e. The molecule has 0 radical (unpaired) electrons. The number of rotatable bonds is 3. The Hall–Kier alpha value is -1.58. The van der Waals surface area contributed by atoms with Crippen molar-refractivity contribution in [3.63, 3.8) is 0 Å². The van der Waals surface area contributed by atoms with E-state index in [1.54, 1.807) is 6.07 Å². The normalized spacial score (nSPS) is 23.6. The second-order valence-electron chi connectivity index (χ2n) is 4.76. The molecule has 2 rings (SSSR count).